The van der Waals surface area contributed by atoms with Crippen molar-refractivity contribution < 1.29 is 27.8 Å². The molecule has 2 atom stereocenters. The van der Waals surface area contributed by atoms with Crippen LogP contribution in [0.4, 0.5) is 5.69 Å². The second kappa shape index (κ2) is 11.4. The van der Waals surface area contributed by atoms with Crippen molar-refractivity contribution in [1.29, 1.82) is 0 Å². The number of sulfonamides is 1. The van der Waals surface area contributed by atoms with Crippen LogP contribution in [0.1, 0.15) is 74.2 Å². The lowest BCUT2D eigenvalue weighted by atomic mass is 9.84. The Labute approximate surface area is 228 Å². The zero-order valence-electron chi connectivity index (χ0n) is 22.0. The number of rotatable bonds is 10. The first-order valence-corrected chi connectivity index (χ1v) is 15.1. The van der Waals surface area contributed by atoms with Crippen molar-refractivity contribution in [3.63, 3.8) is 0 Å². The highest BCUT2D eigenvalue weighted by atomic mass is 32.2. The van der Waals surface area contributed by atoms with Crippen LogP contribution in [0, 0.1) is 11.8 Å². The highest BCUT2D eigenvalue weighted by Gasteiger charge is 2.38. The van der Waals surface area contributed by atoms with Crippen LogP contribution >= 0.6 is 0 Å². The van der Waals surface area contributed by atoms with E-state index in [1.165, 1.54) is 18.2 Å². The van der Waals surface area contributed by atoms with E-state index >= 15 is 0 Å². The maximum atomic E-state index is 13.4. The van der Waals surface area contributed by atoms with Crippen LogP contribution < -0.4 is 10.3 Å². The predicted octanol–water partition coefficient (Wildman–Crippen LogP) is 5.70. The third kappa shape index (κ3) is 6.15. The van der Waals surface area contributed by atoms with E-state index in [2.05, 4.69) is 11.6 Å². The van der Waals surface area contributed by atoms with Crippen LogP contribution in [0.3, 0.4) is 0 Å². The number of ether oxygens (including phenoxy) is 1. The van der Waals surface area contributed by atoms with E-state index in [9.17, 15) is 23.4 Å². The van der Waals surface area contributed by atoms with E-state index in [0.717, 1.165) is 51.7 Å². The number of aromatic hydroxyl groups is 2. The van der Waals surface area contributed by atoms with Crippen LogP contribution in [0.5, 0.6) is 11.5 Å². The summed E-state index contributed by atoms with van der Waals surface area (Å²) in [5, 5.41) is 21.2. The Balaban J connectivity index is 1.43. The molecule has 5 rings (SSSR count). The van der Waals surface area contributed by atoms with Crippen LogP contribution in [0.2, 0.25) is 0 Å². The fourth-order valence-electron chi connectivity index (χ4n) is 5.66. The number of phenols is 1. The van der Waals surface area contributed by atoms with E-state index in [-0.39, 0.29) is 33.8 Å². The van der Waals surface area contributed by atoms with Gasteiger partial charge in [-0.15, -0.1) is 0 Å². The van der Waals surface area contributed by atoms with Gasteiger partial charge in [0.05, 0.1) is 5.56 Å². The fourth-order valence-corrected chi connectivity index (χ4v) is 6.81. The lowest BCUT2D eigenvalue weighted by Crippen LogP contribution is -2.20. The second-order valence-corrected chi connectivity index (χ2v) is 12.3. The zero-order valence-corrected chi connectivity index (χ0v) is 22.8. The van der Waals surface area contributed by atoms with Crippen molar-refractivity contribution in [3.05, 3.63) is 81.9 Å². The Kier molecular flexibility index (Phi) is 8.00. The average Bonchev–Trinajstić information content (AvgIpc) is 3.75. The van der Waals surface area contributed by atoms with E-state index in [1.54, 1.807) is 30.3 Å². The highest BCUT2D eigenvalue weighted by Crippen LogP contribution is 2.48. The predicted molar refractivity (Wildman–Crippen MR) is 148 cm³/mol. The van der Waals surface area contributed by atoms with Gasteiger partial charge in [0.1, 0.15) is 22.2 Å². The van der Waals surface area contributed by atoms with Crippen LogP contribution in [-0.4, -0.2) is 31.8 Å². The Morgan fingerprint density at radius 3 is 2.38 bits per heavy atom. The zero-order chi connectivity index (χ0) is 27.6. The summed E-state index contributed by atoms with van der Waals surface area (Å²) in [6.45, 7) is 3.56. The van der Waals surface area contributed by atoms with Gasteiger partial charge in [-0.1, -0.05) is 31.2 Å². The molecule has 3 aromatic rings. The first kappa shape index (κ1) is 27.3. The van der Waals surface area contributed by atoms with Gasteiger partial charge in [0.2, 0.25) is 0 Å². The van der Waals surface area contributed by atoms with E-state index in [0.29, 0.717) is 22.9 Å². The van der Waals surface area contributed by atoms with Gasteiger partial charge in [-0.3, -0.25) is 4.72 Å². The van der Waals surface area contributed by atoms with Gasteiger partial charge in [0.15, 0.2) is 0 Å². The molecule has 0 bridgehead atoms. The molecule has 3 N–H and O–H groups in total. The quantitative estimate of drug-likeness (QED) is 0.294. The van der Waals surface area contributed by atoms with Crippen molar-refractivity contribution in [3.8, 4) is 11.5 Å². The monoisotopic (exact) mass is 553 g/mol. The average molecular weight is 554 g/mol. The summed E-state index contributed by atoms with van der Waals surface area (Å²) in [6, 6.07) is 14.1. The van der Waals surface area contributed by atoms with Crippen LogP contribution in [0.25, 0.3) is 0 Å². The molecule has 1 saturated carbocycles. The molecule has 0 radical (unpaired) electrons. The molecule has 1 aromatic heterocycles. The number of benzene rings is 2. The molecule has 9 heteroatoms. The van der Waals surface area contributed by atoms with Crippen molar-refractivity contribution in [2.45, 2.75) is 62.2 Å². The molecular weight excluding hydrogens is 518 g/mol. The standard InChI is InChI=1S/C30H35NO7S/c1-2-20(16-19-12-14-37-15-13-19)26-18-25(33)29(30(34)38-26)28(21-10-11-21)22-6-5-7-23(17-22)31-39(35,36)27-9-4-3-8-24(27)32/h3-9,17-21,28,31-33H,2,10-16H2,1H3. The smallest absolute Gasteiger partial charge is 0.343 e. The summed E-state index contributed by atoms with van der Waals surface area (Å²) < 4.78 is 39.7. The summed E-state index contributed by atoms with van der Waals surface area (Å²) >= 11 is 0. The molecule has 2 fully saturated rings. The molecule has 2 heterocycles. The molecular formula is C30H35NO7S. The SMILES string of the molecule is CCC(CC1CCOCC1)c1cc(O)c(C(c2cccc(NS(=O)(=O)c3ccccc3O)c2)C2CC2)c(=O)o1. The summed E-state index contributed by atoms with van der Waals surface area (Å²) in [6.07, 6.45) is 5.43. The van der Waals surface area contributed by atoms with Gasteiger partial charge in [-0.05, 0) is 80.2 Å². The third-order valence-corrected chi connectivity index (χ3v) is 9.33. The van der Waals surface area contributed by atoms with Crippen LogP contribution in [0.15, 0.2) is 68.7 Å². The van der Waals surface area contributed by atoms with Gasteiger partial charge in [0.25, 0.3) is 10.0 Å². The molecule has 0 spiro atoms. The van der Waals surface area contributed by atoms with Gasteiger partial charge < -0.3 is 19.4 Å². The molecule has 2 aromatic carbocycles. The molecule has 2 aliphatic rings. The van der Waals surface area contributed by atoms with E-state index < -0.39 is 21.6 Å². The minimum absolute atomic E-state index is 0.0345. The number of nitrogens with one attached hydrogen (secondary N) is 1. The second-order valence-electron chi connectivity index (χ2n) is 10.6. The minimum Gasteiger partial charge on any atom is -0.507 e. The number of hydrogen-bond donors (Lipinski definition) is 3. The summed E-state index contributed by atoms with van der Waals surface area (Å²) in [7, 11) is -4.04. The minimum atomic E-state index is -4.04. The Morgan fingerprint density at radius 1 is 0.974 bits per heavy atom. The Morgan fingerprint density at radius 2 is 1.72 bits per heavy atom. The van der Waals surface area contributed by atoms with E-state index in [4.69, 9.17) is 9.15 Å². The third-order valence-electron chi connectivity index (χ3n) is 7.90. The van der Waals surface area contributed by atoms with E-state index in [1.807, 2.05) is 6.07 Å². The fraction of sp³-hybridized carbons (Fsp3) is 0.433. The number of phenolic OH excluding ortho intramolecular Hbond substituents is 1. The van der Waals surface area contributed by atoms with Gasteiger partial charge in [0, 0.05) is 36.8 Å². The van der Waals surface area contributed by atoms with Crippen molar-refractivity contribution in [1.82, 2.24) is 0 Å². The lowest BCUT2D eigenvalue weighted by molar-refractivity contribution is 0.0606. The van der Waals surface area contributed by atoms with Crippen molar-refractivity contribution in [2.75, 3.05) is 17.9 Å². The first-order chi connectivity index (χ1) is 18.8. The normalized spacial score (nSPS) is 18.0. The largest absolute Gasteiger partial charge is 0.507 e. The molecule has 2 unspecified atom stereocenters. The summed E-state index contributed by atoms with van der Waals surface area (Å²) in [4.78, 5) is 13.1. The maximum Gasteiger partial charge on any atom is 0.343 e. The molecule has 1 saturated heterocycles. The molecule has 1 aliphatic heterocycles. The van der Waals surface area contributed by atoms with Crippen molar-refractivity contribution in [2.24, 2.45) is 11.8 Å². The molecule has 0 amide bonds. The van der Waals surface area contributed by atoms with Gasteiger partial charge >= 0.3 is 5.63 Å². The first-order valence-electron chi connectivity index (χ1n) is 13.6. The Bertz CT molecular complexity index is 1470. The highest BCUT2D eigenvalue weighted by molar-refractivity contribution is 7.92. The molecule has 39 heavy (non-hydrogen) atoms. The number of anilines is 1. The maximum absolute atomic E-state index is 13.4. The van der Waals surface area contributed by atoms with Crippen LogP contribution in [-0.2, 0) is 14.8 Å². The van der Waals surface area contributed by atoms with Gasteiger partial charge in [-0.2, -0.15) is 0 Å². The number of para-hydroxylation sites is 1. The van der Waals surface area contributed by atoms with Crippen molar-refractivity contribution >= 4 is 15.7 Å². The molecule has 8 nitrogen and oxygen atoms in total. The molecule has 1 aliphatic carbocycles. The Hall–Kier alpha value is -3.30. The summed E-state index contributed by atoms with van der Waals surface area (Å²) in [5.74, 6) is 0.325. The number of hydrogen-bond acceptors (Lipinski definition) is 7. The molecule has 208 valence electrons. The summed E-state index contributed by atoms with van der Waals surface area (Å²) in [5.41, 5.74) is 0.666. The lowest BCUT2D eigenvalue weighted by Gasteiger charge is -2.26. The van der Waals surface area contributed by atoms with Gasteiger partial charge in [-0.25, -0.2) is 13.2 Å². The topological polar surface area (TPSA) is 126 Å².